The van der Waals surface area contributed by atoms with Crippen LogP contribution >= 0.6 is 0 Å². The Labute approximate surface area is 144 Å². The Bertz CT molecular complexity index is 822. The van der Waals surface area contributed by atoms with Crippen LogP contribution in [0.4, 0.5) is 8.78 Å². The van der Waals surface area contributed by atoms with Crippen LogP contribution in [0.5, 0.6) is 0 Å². The van der Waals surface area contributed by atoms with E-state index in [2.05, 4.69) is 10.3 Å². The maximum Gasteiger partial charge on any atom is 0.252 e. The number of pyridine rings is 1. The van der Waals surface area contributed by atoms with Crippen LogP contribution in [0.2, 0.25) is 0 Å². The average Bonchev–Trinajstić information content (AvgIpc) is 2.62. The third-order valence-corrected chi connectivity index (χ3v) is 3.45. The van der Waals surface area contributed by atoms with Gasteiger partial charge in [0.1, 0.15) is 0 Å². The Balaban J connectivity index is 2.04. The molecule has 1 heterocycles. The predicted octanol–water partition coefficient (Wildman–Crippen LogP) is 2.39. The van der Waals surface area contributed by atoms with Gasteiger partial charge in [-0.1, -0.05) is 6.07 Å². The monoisotopic (exact) mass is 345 g/mol. The molecule has 1 N–H and O–H groups in total. The van der Waals surface area contributed by atoms with E-state index in [9.17, 15) is 18.4 Å². The summed E-state index contributed by atoms with van der Waals surface area (Å²) in [5.41, 5.74) is 1.45. The van der Waals surface area contributed by atoms with Crippen molar-refractivity contribution < 1.29 is 18.4 Å². The van der Waals surface area contributed by atoms with Crippen LogP contribution in [0.1, 0.15) is 21.5 Å². The molecule has 25 heavy (non-hydrogen) atoms. The fourth-order valence-corrected chi connectivity index (χ4v) is 2.10. The number of halogens is 2. The van der Waals surface area contributed by atoms with Gasteiger partial charge in [-0.25, -0.2) is 8.78 Å². The lowest BCUT2D eigenvalue weighted by molar-refractivity contribution is -0.125. The van der Waals surface area contributed by atoms with Gasteiger partial charge in [-0.05, 0) is 35.4 Å². The predicted molar refractivity (Wildman–Crippen MR) is 89.5 cm³/mol. The average molecular weight is 345 g/mol. The van der Waals surface area contributed by atoms with Crippen LogP contribution in [-0.4, -0.2) is 35.8 Å². The molecule has 0 saturated carbocycles. The lowest BCUT2D eigenvalue weighted by Crippen LogP contribution is -2.24. The second-order valence-corrected chi connectivity index (χ2v) is 5.36. The summed E-state index contributed by atoms with van der Waals surface area (Å²) in [5.74, 6) is -2.48. The second kappa shape index (κ2) is 8.14. The molecule has 0 fully saturated rings. The third kappa shape index (κ3) is 4.94. The van der Waals surface area contributed by atoms with Crippen molar-refractivity contribution in [2.45, 2.75) is 6.54 Å². The Kier molecular flexibility index (Phi) is 5.94. The molecule has 2 rings (SSSR count). The Morgan fingerprint density at radius 1 is 1.20 bits per heavy atom. The molecular formula is C18H17F2N3O2. The second-order valence-electron chi connectivity index (χ2n) is 5.36. The van der Waals surface area contributed by atoms with Gasteiger partial charge in [-0.15, -0.1) is 0 Å². The molecule has 2 amide bonds. The maximum absolute atomic E-state index is 13.2. The summed E-state index contributed by atoms with van der Waals surface area (Å²) in [6, 6.07) is 5.10. The fourth-order valence-electron chi connectivity index (χ4n) is 2.10. The zero-order valence-electron chi connectivity index (χ0n) is 13.8. The highest BCUT2D eigenvalue weighted by Crippen LogP contribution is 2.11. The zero-order chi connectivity index (χ0) is 18.4. The van der Waals surface area contributed by atoms with Crippen LogP contribution < -0.4 is 5.32 Å². The number of rotatable bonds is 5. The van der Waals surface area contributed by atoms with Gasteiger partial charge in [-0.2, -0.15) is 0 Å². The fraction of sp³-hybridized carbons (Fsp3) is 0.167. The quantitative estimate of drug-likeness (QED) is 0.847. The minimum Gasteiger partial charge on any atom is -0.355 e. The molecule has 0 atom stereocenters. The maximum atomic E-state index is 13.2. The zero-order valence-corrected chi connectivity index (χ0v) is 13.8. The third-order valence-electron chi connectivity index (χ3n) is 3.45. The highest BCUT2D eigenvalue weighted by atomic mass is 19.2. The molecule has 0 aliphatic carbocycles. The van der Waals surface area contributed by atoms with Gasteiger partial charge in [0.25, 0.3) is 5.91 Å². The van der Waals surface area contributed by atoms with E-state index in [0.717, 1.165) is 12.1 Å². The van der Waals surface area contributed by atoms with Crippen molar-refractivity contribution in [3.8, 4) is 0 Å². The Hall–Kier alpha value is -3.09. The van der Waals surface area contributed by atoms with Crippen LogP contribution in [0.25, 0.3) is 6.08 Å². The molecule has 7 heteroatoms. The van der Waals surface area contributed by atoms with Crippen molar-refractivity contribution in [1.82, 2.24) is 15.2 Å². The van der Waals surface area contributed by atoms with E-state index < -0.39 is 11.6 Å². The highest BCUT2D eigenvalue weighted by molar-refractivity contribution is 5.95. The molecule has 0 aliphatic rings. The van der Waals surface area contributed by atoms with Gasteiger partial charge in [0.2, 0.25) is 5.91 Å². The van der Waals surface area contributed by atoms with E-state index in [0.29, 0.717) is 16.7 Å². The van der Waals surface area contributed by atoms with Gasteiger partial charge in [0.15, 0.2) is 11.6 Å². The molecule has 0 saturated heterocycles. The molecule has 1 aromatic carbocycles. The normalized spacial score (nSPS) is 10.7. The van der Waals surface area contributed by atoms with Gasteiger partial charge in [-0.3, -0.25) is 14.6 Å². The first kappa shape index (κ1) is 18.3. The SMILES string of the molecule is CNC(=O)c1cncc(C=CC(=O)N(C)Cc2ccc(F)c(F)c2)c1. The number of hydrogen-bond donors (Lipinski definition) is 1. The molecule has 0 unspecified atom stereocenters. The molecule has 0 bridgehead atoms. The van der Waals surface area contributed by atoms with Crippen molar-refractivity contribution in [3.63, 3.8) is 0 Å². The van der Waals surface area contributed by atoms with Gasteiger partial charge in [0, 0.05) is 39.1 Å². The lowest BCUT2D eigenvalue weighted by atomic mass is 10.1. The van der Waals surface area contributed by atoms with E-state index >= 15 is 0 Å². The molecule has 0 aliphatic heterocycles. The molecule has 2 aromatic rings. The topological polar surface area (TPSA) is 62.3 Å². The smallest absolute Gasteiger partial charge is 0.252 e. The number of amides is 2. The summed E-state index contributed by atoms with van der Waals surface area (Å²) >= 11 is 0. The first-order valence-electron chi connectivity index (χ1n) is 7.45. The molecule has 0 spiro atoms. The van der Waals surface area contributed by atoms with E-state index in [1.807, 2.05) is 0 Å². The van der Waals surface area contributed by atoms with E-state index in [-0.39, 0.29) is 18.4 Å². The Morgan fingerprint density at radius 2 is 1.96 bits per heavy atom. The molecule has 0 radical (unpaired) electrons. The Morgan fingerprint density at radius 3 is 2.64 bits per heavy atom. The number of carbonyl (C=O) groups is 2. The highest BCUT2D eigenvalue weighted by Gasteiger charge is 2.09. The lowest BCUT2D eigenvalue weighted by Gasteiger charge is -2.15. The van der Waals surface area contributed by atoms with Gasteiger partial charge >= 0.3 is 0 Å². The van der Waals surface area contributed by atoms with Crippen molar-refractivity contribution >= 4 is 17.9 Å². The van der Waals surface area contributed by atoms with E-state index in [1.165, 1.54) is 42.6 Å². The summed E-state index contributed by atoms with van der Waals surface area (Å²) in [7, 11) is 3.06. The first-order chi connectivity index (χ1) is 11.9. The number of carbonyl (C=O) groups excluding carboxylic acids is 2. The standard InChI is InChI=1S/C18H17F2N3O2/c1-21-18(25)14-7-12(9-22-10-14)4-6-17(24)23(2)11-13-3-5-15(19)16(20)8-13/h3-10H,11H2,1-2H3,(H,21,25). The summed E-state index contributed by atoms with van der Waals surface area (Å²) in [5, 5.41) is 2.49. The van der Waals surface area contributed by atoms with Crippen LogP contribution in [-0.2, 0) is 11.3 Å². The van der Waals surface area contributed by atoms with Gasteiger partial charge < -0.3 is 10.2 Å². The molecular weight excluding hydrogens is 328 g/mol. The number of benzene rings is 1. The summed E-state index contributed by atoms with van der Waals surface area (Å²) in [6.45, 7) is 0.136. The van der Waals surface area contributed by atoms with Crippen LogP contribution in [0.3, 0.4) is 0 Å². The van der Waals surface area contributed by atoms with E-state index in [4.69, 9.17) is 0 Å². The van der Waals surface area contributed by atoms with Crippen LogP contribution in [0.15, 0.2) is 42.7 Å². The number of aromatic nitrogens is 1. The van der Waals surface area contributed by atoms with Crippen molar-refractivity contribution in [2.75, 3.05) is 14.1 Å². The minimum absolute atomic E-state index is 0.136. The number of nitrogens with one attached hydrogen (secondary N) is 1. The van der Waals surface area contributed by atoms with Crippen molar-refractivity contribution in [1.29, 1.82) is 0 Å². The summed E-state index contributed by atoms with van der Waals surface area (Å²) in [6.07, 6.45) is 5.80. The van der Waals surface area contributed by atoms with Crippen LogP contribution in [0, 0.1) is 11.6 Å². The number of hydrogen-bond acceptors (Lipinski definition) is 3. The largest absolute Gasteiger partial charge is 0.355 e. The summed E-state index contributed by atoms with van der Waals surface area (Å²) in [4.78, 5) is 29.0. The number of nitrogens with zero attached hydrogens (tertiary/aromatic N) is 2. The molecule has 5 nitrogen and oxygen atoms in total. The van der Waals surface area contributed by atoms with Crippen molar-refractivity contribution in [3.05, 3.63) is 71.1 Å². The number of likely N-dealkylation sites (N-methyl/N-ethyl adjacent to an activating group) is 1. The van der Waals surface area contributed by atoms with E-state index in [1.54, 1.807) is 13.1 Å². The molecule has 130 valence electrons. The minimum atomic E-state index is -0.953. The van der Waals surface area contributed by atoms with Gasteiger partial charge in [0.05, 0.1) is 5.56 Å². The van der Waals surface area contributed by atoms with Crippen molar-refractivity contribution in [2.24, 2.45) is 0 Å². The summed E-state index contributed by atoms with van der Waals surface area (Å²) < 4.78 is 26.1. The molecule has 1 aromatic heterocycles. The first-order valence-corrected chi connectivity index (χ1v) is 7.45.